The second kappa shape index (κ2) is 12.5. The Bertz CT molecular complexity index is 1860. The van der Waals surface area contributed by atoms with Crippen molar-refractivity contribution < 1.29 is 14.3 Å². The van der Waals surface area contributed by atoms with E-state index in [1.807, 2.05) is 49.5 Å². The van der Waals surface area contributed by atoms with Crippen LogP contribution in [0.4, 0.5) is 11.5 Å². The van der Waals surface area contributed by atoms with Gasteiger partial charge in [0.15, 0.2) is 11.5 Å². The van der Waals surface area contributed by atoms with E-state index in [1.165, 1.54) is 20.4 Å². The third kappa shape index (κ3) is 5.83. The maximum Gasteiger partial charge on any atom is 0.339 e. The van der Waals surface area contributed by atoms with Crippen molar-refractivity contribution in [3.8, 4) is 22.9 Å². The fraction of sp³-hybridized carbons (Fsp3) is 0.212. The van der Waals surface area contributed by atoms with Gasteiger partial charge < -0.3 is 20.1 Å². The Balaban J connectivity index is 1.29. The van der Waals surface area contributed by atoms with Crippen LogP contribution in [-0.4, -0.2) is 69.8 Å². The average Bonchev–Trinajstić information content (AvgIpc) is 3.69. The van der Waals surface area contributed by atoms with Crippen LogP contribution in [0.2, 0.25) is 0 Å². The Hall–Kier alpha value is -5.26. The van der Waals surface area contributed by atoms with Crippen LogP contribution >= 0.6 is 0 Å². The number of benzene rings is 3. The van der Waals surface area contributed by atoms with Crippen LogP contribution in [0.3, 0.4) is 0 Å². The molecule has 1 saturated heterocycles. The third-order valence-electron chi connectivity index (χ3n) is 7.71. The Kier molecular flexibility index (Phi) is 8.22. The van der Waals surface area contributed by atoms with Crippen molar-refractivity contribution in [3.63, 3.8) is 0 Å². The lowest BCUT2D eigenvalue weighted by Crippen LogP contribution is -2.32. The second-order valence-electron chi connectivity index (χ2n) is 10.6. The molecule has 1 atom stereocenters. The molecule has 0 spiro atoms. The molecule has 2 aromatic heterocycles. The van der Waals surface area contributed by atoms with Crippen molar-refractivity contribution in [3.05, 3.63) is 108 Å². The number of aromatic nitrogens is 4. The molecule has 0 bridgehead atoms. The van der Waals surface area contributed by atoms with Gasteiger partial charge in [-0.1, -0.05) is 30.3 Å². The Morgan fingerprint density at radius 1 is 1.00 bits per heavy atom. The number of hydrogen-bond acceptors (Lipinski definition) is 8. The van der Waals surface area contributed by atoms with Crippen molar-refractivity contribution in [2.75, 3.05) is 44.5 Å². The SMILES string of the molecule is CN(C(=O)/C=C/CN(C)C1CCOC1)c1cccc(-n2c(=O)n(-c3ccc(Oc4ccccc4)cc3)c3c(N)ncnc32)c1. The van der Waals surface area contributed by atoms with Gasteiger partial charge in [-0.3, -0.25) is 14.3 Å². The van der Waals surface area contributed by atoms with Gasteiger partial charge in [0.1, 0.15) is 23.3 Å². The lowest BCUT2D eigenvalue weighted by Gasteiger charge is -2.21. The number of carbonyl (C=O) groups is 1. The molecule has 11 heteroatoms. The van der Waals surface area contributed by atoms with Crippen LogP contribution in [0.15, 0.2) is 102 Å². The fourth-order valence-corrected chi connectivity index (χ4v) is 5.23. The van der Waals surface area contributed by atoms with Gasteiger partial charge in [-0.05, 0) is 68.1 Å². The number of nitrogens with two attached hydrogens (primary N) is 1. The molecule has 3 heterocycles. The highest BCUT2D eigenvalue weighted by atomic mass is 16.5. The van der Waals surface area contributed by atoms with Crippen LogP contribution in [0.1, 0.15) is 6.42 Å². The molecule has 1 aliphatic heterocycles. The van der Waals surface area contributed by atoms with Gasteiger partial charge in [0.25, 0.3) is 0 Å². The summed E-state index contributed by atoms with van der Waals surface area (Å²) < 4.78 is 14.3. The van der Waals surface area contributed by atoms with E-state index < -0.39 is 0 Å². The summed E-state index contributed by atoms with van der Waals surface area (Å²) >= 11 is 0. The summed E-state index contributed by atoms with van der Waals surface area (Å²) in [6.07, 6.45) is 5.74. The van der Waals surface area contributed by atoms with Crippen LogP contribution in [0.5, 0.6) is 11.5 Å². The molecule has 224 valence electrons. The number of likely N-dealkylation sites (N-methyl/N-ethyl adjacent to an activating group) is 2. The van der Waals surface area contributed by atoms with E-state index in [0.717, 1.165) is 13.0 Å². The first-order chi connectivity index (χ1) is 21.4. The van der Waals surface area contributed by atoms with Crippen LogP contribution in [0, 0.1) is 0 Å². The number of imidazole rings is 1. The molecule has 1 fully saturated rings. The predicted molar refractivity (Wildman–Crippen MR) is 170 cm³/mol. The van der Waals surface area contributed by atoms with Crippen molar-refractivity contribution >= 4 is 28.6 Å². The van der Waals surface area contributed by atoms with Gasteiger partial charge in [0.05, 0.1) is 18.0 Å². The van der Waals surface area contributed by atoms with E-state index in [-0.39, 0.29) is 17.4 Å². The molecule has 0 saturated carbocycles. The first-order valence-corrected chi connectivity index (χ1v) is 14.3. The van der Waals surface area contributed by atoms with Gasteiger partial charge >= 0.3 is 5.69 Å². The average molecular weight is 592 g/mol. The van der Waals surface area contributed by atoms with Crippen LogP contribution in [0.25, 0.3) is 22.5 Å². The van der Waals surface area contributed by atoms with Crippen LogP contribution in [-0.2, 0) is 9.53 Å². The van der Waals surface area contributed by atoms with Gasteiger partial charge in [-0.2, -0.15) is 0 Å². The minimum atomic E-state index is -0.381. The van der Waals surface area contributed by atoms with E-state index in [2.05, 4.69) is 14.9 Å². The summed E-state index contributed by atoms with van der Waals surface area (Å²) in [5, 5.41) is 0. The maximum absolute atomic E-state index is 14.0. The molecule has 1 amide bonds. The van der Waals surface area contributed by atoms with Crippen molar-refractivity contribution in [2.24, 2.45) is 0 Å². The largest absolute Gasteiger partial charge is 0.457 e. The number of anilines is 2. The summed E-state index contributed by atoms with van der Waals surface area (Å²) in [5.41, 5.74) is 8.36. The number of fused-ring (bicyclic) bond motifs is 1. The van der Waals surface area contributed by atoms with E-state index in [4.69, 9.17) is 15.2 Å². The highest BCUT2D eigenvalue weighted by Crippen LogP contribution is 2.27. The van der Waals surface area contributed by atoms with Gasteiger partial charge in [0.2, 0.25) is 5.91 Å². The molecule has 6 rings (SSSR count). The standard InChI is InChI=1S/C33H33N7O4/c1-37(26-17-19-43-21-26)18-7-12-29(41)38(2)24-8-6-9-25(20-24)40-32-30(31(34)35-22-36-32)39(33(40)42)23-13-15-28(16-14-23)44-27-10-4-3-5-11-27/h3-16,20,22,26H,17-19,21H2,1-2H3,(H2,34,35,36)/b12-7+. The smallest absolute Gasteiger partial charge is 0.339 e. The van der Waals surface area contributed by atoms with Crippen molar-refractivity contribution in [2.45, 2.75) is 12.5 Å². The number of para-hydroxylation sites is 1. The fourth-order valence-electron chi connectivity index (χ4n) is 5.23. The van der Waals surface area contributed by atoms with Crippen molar-refractivity contribution in [1.29, 1.82) is 0 Å². The maximum atomic E-state index is 14.0. The monoisotopic (exact) mass is 591 g/mol. The van der Waals surface area contributed by atoms with Gasteiger partial charge in [0, 0.05) is 38.0 Å². The zero-order valence-electron chi connectivity index (χ0n) is 24.5. The Morgan fingerprint density at radius 2 is 1.77 bits per heavy atom. The third-order valence-corrected chi connectivity index (χ3v) is 7.71. The summed E-state index contributed by atoms with van der Waals surface area (Å²) in [7, 11) is 3.73. The van der Waals surface area contributed by atoms with Crippen molar-refractivity contribution in [1.82, 2.24) is 24.0 Å². The van der Waals surface area contributed by atoms with E-state index in [9.17, 15) is 9.59 Å². The Morgan fingerprint density at radius 3 is 2.52 bits per heavy atom. The molecule has 1 aliphatic rings. The molecule has 3 aromatic carbocycles. The molecule has 2 N–H and O–H groups in total. The molecule has 44 heavy (non-hydrogen) atoms. The highest BCUT2D eigenvalue weighted by molar-refractivity contribution is 6.01. The predicted octanol–water partition coefficient (Wildman–Crippen LogP) is 4.19. The highest BCUT2D eigenvalue weighted by Gasteiger charge is 2.22. The first kappa shape index (κ1) is 28.8. The van der Waals surface area contributed by atoms with Gasteiger partial charge in [-0.15, -0.1) is 0 Å². The van der Waals surface area contributed by atoms with E-state index in [0.29, 0.717) is 58.9 Å². The minimum absolute atomic E-state index is 0.165. The molecule has 5 aromatic rings. The minimum Gasteiger partial charge on any atom is -0.457 e. The van der Waals surface area contributed by atoms with E-state index in [1.54, 1.807) is 55.6 Å². The molecule has 1 unspecified atom stereocenters. The number of hydrogen-bond donors (Lipinski definition) is 1. The number of rotatable bonds is 9. The second-order valence-corrected chi connectivity index (χ2v) is 10.6. The van der Waals surface area contributed by atoms with E-state index >= 15 is 0 Å². The van der Waals surface area contributed by atoms with Crippen LogP contribution < -0.4 is 21.1 Å². The Labute approximate surface area is 254 Å². The molecular formula is C33H33N7O4. The number of carbonyl (C=O) groups excluding carboxylic acids is 1. The zero-order valence-corrected chi connectivity index (χ0v) is 24.5. The van der Waals surface area contributed by atoms with Gasteiger partial charge in [-0.25, -0.2) is 19.3 Å². The molecule has 0 radical (unpaired) electrons. The number of nitrogen functional groups attached to an aromatic ring is 1. The molecule has 11 nitrogen and oxygen atoms in total. The quantitative estimate of drug-likeness (QED) is 0.254. The number of ether oxygens (including phenoxy) is 2. The topological polar surface area (TPSA) is 121 Å². The lowest BCUT2D eigenvalue weighted by atomic mass is 10.2. The normalized spacial score (nSPS) is 14.9. The summed E-state index contributed by atoms with van der Waals surface area (Å²) in [5.74, 6) is 1.31. The molecular weight excluding hydrogens is 558 g/mol. The molecule has 0 aliphatic carbocycles. The summed E-state index contributed by atoms with van der Waals surface area (Å²) in [6.45, 7) is 2.13. The number of amides is 1. The lowest BCUT2D eigenvalue weighted by molar-refractivity contribution is -0.113. The zero-order chi connectivity index (χ0) is 30.6. The summed E-state index contributed by atoms with van der Waals surface area (Å²) in [6, 6.07) is 24.1. The summed E-state index contributed by atoms with van der Waals surface area (Å²) in [4.78, 5) is 39.3. The first-order valence-electron chi connectivity index (χ1n) is 14.3. The number of nitrogens with zero attached hydrogens (tertiary/aromatic N) is 6.